The Morgan fingerprint density at radius 2 is 1.76 bits per heavy atom. The molecule has 0 radical (unpaired) electrons. The predicted octanol–water partition coefficient (Wildman–Crippen LogP) is 3.41. The molecule has 1 N–H and O–H groups in total. The standard InChI is InChI=1S/C20H26ClN3O/c1-23(2)17-7-4-15(5-8-17)20(24-12-10-22-11-13-24)18-14-16(21)6-9-19(18)25-3/h4-9,14,20,22H,10-13H2,1-3H3. The number of nitrogens with one attached hydrogen (secondary N) is 1. The molecule has 1 heterocycles. The van der Waals surface area contributed by atoms with Crippen LogP contribution in [0.15, 0.2) is 42.5 Å². The summed E-state index contributed by atoms with van der Waals surface area (Å²) in [6.07, 6.45) is 0. The monoisotopic (exact) mass is 359 g/mol. The van der Waals surface area contributed by atoms with Gasteiger partial charge in [-0.1, -0.05) is 23.7 Å². The molecule has 1 aliphatic heterocycles. The number of methoxy groups -OCH3 is 1. The second kappa shape index (κ2) is 8.09. The molecule has 25 heavy (non-hydrogen) atoms. The Bertz CT molecular complexity index is 697. The molecule has 134 valence electrons. The van der Waals surface area contributed by atoms with E-state index in [1.54, 1.807) is 7.11 Å². The molecular formula is C20H26ClN3O. The van der Waals surface area contributed by atoms with Crippen LogP contribution < -0.4 is 15.0 Å². The van der Waals surface area contributed by atoms with Crippen LogP contribution in [0.1, 0.15) is 17.2 Å². The Morgan fingerprint density at radius 1 is 1.08 bits per heavy atom. The van der Waals surface area contributed by atoms with E-state index in [4.69, 9.17) is 16.3 Å². The van der Waals surface area contributed by atoms with Crippen molar-refractivity contribution >= 4 is 17.3 Å². The fourth-order valence-corrected chi connectivity index (χ4v) is 3.58. The number of nitrogens with zero attached hydrogens (tertiary/aromatic N) is 2. The summed E-state index contributed by atoms with van der Waals surface area (Å²) in [6, 6.07) is 14.8. The molecule has 4 nitrogen and oxygen atoms in total. The van der Waals surface area contributed by atoms with Crippen molar-refractivity contribution in [2.75, 3.05) is 52.3 Å². The number of hydrogen-bond donors (Lipinski definition) is 1. The van der Waals surface area contributed by atoms with Crippen molar-refractivity contribution in [3.8, 4) is 5.75 Å². The fourth-order valence-electron chi connectivity index (χ4n) is 3.40. The van der Waals surface area contributed by atoms with Gasteiger partial charge in [0.05, 0.1) is 13.2 Å². The van der Waals surface area contributed by atoms with Gasteiger partial charge in [-0.3, -0.25) is 4.90 Å². The maximum atomic E-state index is 6.32. The number of rotatable bonds is 5. The van der Waals surface area contributed by atoms with Gasteiger partial charge in [0.2, 0.25) is 0 Å². The first-order valence-electron chi connectivity index (χ1n) is 8.65. The molecule has 3 rings (SSSR count). The SMILES string of the molecule is COc1ccc(Cl)cc1C(c1ccc(N(C)C)cc1)N1CCNCC1. The molecule has 1 unspecified atom stereocenters. The van der Waals surface area contributed by atoms with Crippen LogP contribution in [0.2, 0.25) is 5.02 Å². The average Bonchev–Trinajstić information content (AvgIpc) is 2.63. The molecule has 0 spiro atoms. The summed E-state index contributed by atoms with van der Waals surface area (Å²) in [5.41, 5.74) is 3.57. The van der Waals surface area contributed by atoms with Gasteiger partial charge in [0.15, 0.2) is 0 Å². The van der Waals surface area contributed by atoms with Gasteiger partial charge in [-0.25, -0.2) is 0 Å². The van der Waals surface area contributed by atoms with E-state index in [9.17, 15) is 0 Å². The van der Waals surface area contributed by atoms with Gasteiger partial charge in [-0.15, -0.1) is 0 Å². The molecule has 1 saturated heterocycles. The number of benzene rings is 2. The lowest BCUT2D eigenvalue weighted by Crippen LogP contribution is -2.45. The number of piperazine rings is 1. The minimum Gasteiger partial charge on any atom is -0.496 e. The van der Waals surface area contributed by atoms with Crippen molar-refractivity contribution in [3.63, 3.8) is 0 Å². The van der Waals surface area contributed by atoms with Crippen LogP contribution >= 0.6 is 11.6 Å². The van der Waals surface area contributed by atoms with Gasteiger partial charge >= 0.3 is 0 Å². The molecule has 0 saturated carbocycles. The lowest BCUT2D eigenvalue weighted by atomic mass is 9.95. The van der Waals surface area contributed by atoms with Gasteiger partial charge in [0.1, 0.15) is 5.75 Å². The Balaban J connectivity index is 2.05. The lowest BCUT2D eigenvalue weighted by Gasteiger charge is -2.36. The summed E-state index contributed by atoms with van der Waals surface area (Å²) >= 11 is 6.32. The number of hydrogen-bond acceptors (Lipinski definition) is 4. The highest BCUT2D eigenvalue weighted by Crippen LogP contribution is 2.37. The highest BCUT2D eigenvalue weighted by Gasteiger charge is 2.26. The van der Waals surface area contributed by atoms with E-state index in [2.05, 4.69) is 53.5 Å². The van der Waals surface area contributed by atoms with E-state index in [0.29, 0.717) is 0 Å². The van der Waals surface area contributed by atoms with Crippen LogP contribution in [0.25, 0.3) is 0 Å². The third-order valence-electron chi connectivity index (χ3n) is 4.73. The lowest BCUT2D eigenvalue weighted by molar-refractivity contribution is 0.195. The smallest absolute Gasteiger partial charge is 0.124 e. The highest BCUT2D eigenvalue weighted by molar-refractivity contribution is 6.30. The third-order valence-corrected chi connectivity index (χ3v) is 4.96. The second-order valence-electron chi connectivity index (χ2n) is 6.56. The normalized spacial score (nSPS) is 16.5. The van der Waals surface area contributed by atoms with Gasteiger partial charge < -0.3 is 15.0 Å². The van der Waals surface area contributed by atoms with Crippen molar-refractivity contribution in [1.82, 2.24) is 10.2 Å². The maximum Gasteiger partial charge on any atom is 0.124 e. The zero-order valence-electron chi connectivity index (χ0n) is 15.1. The Kier molecular flexibility index (Phi) is 5.84. The summed E-state index contributed by atoms with van der Waals surface area (Å²) < 4.78 is 5.65. The van der Waals surface area contributed by atoms with E-state index in [-0.39, 0.29) is 6.04 Å². The van der Waals surface area contributed by atoms with Crippen LogP contribution in [0.5, 0.6) is 5.75 Å². The summed E-state index contributed by atoms with van der Waals surface area (Å²) in [7, 11) is 5.84. The summed E-state index contributed by atoms with van der Waals surface area (Å²) in [5, 5.41) is 4.17. The van der Waals surface area contributed by atoms with E-state index in [1.165, 1.54) is 11.3 Å². The first-order valence-corrected chi connectivity index (χ1v) is 9.03. The van der Waals surface area contributed by atoms with Gasteiger partial charge in [-0.05, 0) is 35.9 Å². The van der Waals surface area contributed by atoms with Gasteiger partial charge in [0, 0.05) is 56.5 Å². The highest BCUT2D eigenvalue weighted by atomic mass is 35.5. The quantitative estimate of drug-likeness (QED) is 0.885. The molecule has 1 aliphatic rings. The Hall–Kier alpha value is -1.75. The molecule has 1 fully saturated rings. The van der Waals surface area contributed by atoms with Crippen LogP contribution in [0, 0.1) is 0 Å². The van der Waals surface area contributed by atoms with Crippen molar-refractivity contribution in [3.05, 3.63) is 58.6 Å². The molecular weight excluding hydrogens is 334 g/mol. The van der Waals surface area contributed by atoms with Crippen LogP contribution in [0.4, 0.5) is 5.69 Å². The molecule has 1 atom stereocenters. The van der Waals surface area contributed by atoms with Crippen LogP contribution in [-0.4, -0.2) is 52.3 Å². The molecule has 0 amide bonds. The molecule has 2 aromatic rings. The maximum absolute atomic E-state index is 6.32. The third kappa shape index (κ3) is 4.09. The number of halogens is 1. The van der Waals surface area contributed by atoms with Crippen molar-refractivity contribution in [2.24, 2.45) is 0 Å². The second-order valence-corrected chi connectivity index (χ2v) is 7.00. The topological polar surface area (TPSA) is 27.7 Å². The van der Waals surface area contributed by atoms with Crippen LogP contribution in [-0.2, 0) is 0 Å². The van der Waals surface area contributed by atoms with Crippen molar-refractivity contribution < 1.29 is 4.74 Å². The summed E-state index contributed by atoms with van der Waals surface area (Å²) in [6.45, 7) is 3.98. The summed E-state index contributed by atoms with van der Waals surface area (Å²) in [4.78, 5) is 4.61. The van der Waals surface area contributed by atoms with Crippen molar-refractivity contribution in [1.29, 1.82) is 0 Å². The van der Waals surface area contributed by atoms with E-state index in [0.717, 1.165) is 42.5 Å². The number of ether oxygens (including phenoxy) is 1. The molecule has 2 aromatic carbocycles. The van der Waals surface area contributed by atoms with E-state index in [1.807, 2.05) is 18.2 Å². The Morgan fingerprint density at radius 3 is 2.36 bits per heavy atom. The first-order chi connectivity index (χ1) is 12.1. The Labute approximate surface area is 155 Å². The molecule has 0 aliphatic carbocycles. The van der Waals surface area contributed by atoms with E-state index >= 15 is 0 Å². The van der Waals surface area contributed by atoms with E-state index < -0.39 is 0 Å². The number of anilines is 1. The first kappa shape index (κ1) is 18.1. The van der Waals surface area contributed by atoms with Crippen molar-refractivity contribution in [2.45, 2.75) is 6.04 Å². The molecule has 0 aromatic heterocycles. The molecule has 0 bridgehead atoms. The predicted molar refractivity (Wildman–Crippen MR) is 105 cm³/mol. The largest absolute Gasteiger partial charge is 0.496 e. The molecule has 5 heteroatoms. The minimum atomic E-state index is 0.131. The van der Waals surface area contributed by atoms with Gasteiger partial charge in [-0.2, -0.15) is 0 Å². The zero-order chi connectivity index (χ0) is 17.8. The fraction of sp³-hybridized carbons (Fsp3) is 0.400. The van der Waals surface area contributed by atoms with Crippen LogP contribution in [0.3, 0.4) is 0 Å². The summed E-state index contributed by atoms with van der Waals surface area (Å²) in [5.74, 6) is 0.879. The average molecular weight is 360 g/mol. The minimum absolute atomic E-state index is 0.131. The zero-order valence-corrected chi connectivity index (χ0v) is 15.9. The van der Waals surface area contributed by atoms with Gasteiger partial charge in [0.25, 0.3) is 0 Å².